The number of hydrogen-bond donors (Lipinski definition) is 0. The fourth-order valence-electron chi connectivity index (χ4n) is 4.50. The van der Waals surface area contributed by atoms with Gasteiger partial charge in [-0.1, -0.05) is 72.8 Å². The number of ether oxygens (including phenoxy) is 1. The number of rotatable bonds is 8. The van der Waals surface area contributed by atoms with Crippen LogP contribution in [0.5, 0.6) is 5.75 Å². The molecule has 0 spiro atoms. The summed E-state index contributed by atoms with van der Waals surface area (Å²) in [5, 5.41) is 0. The van der Waals surface area contributed by atoms with E-state index in [0.29, 0.717) is 13.2 Å². The lowest BCUT2D eigenvalue weighted by Crippen LogP contribution is -2.50. The van der Waals surface area contributed by atoms with Gasteiger partial charge in [-0.3, -0.25) is 9.69 Å². The topological polar surface area (TPSA) is 36.0 Å². The minimum absolute atomic E-state index is 0.0979. The molecule has 172 valence electrons. The van der Waals surface area contributed by atoms with Gasteiger partial charge in [-0.15, -0.1) is 0 Å². The van der Waals surface area contributed by atoms with Crippen LogP contribution in [-0.4, -0.2) is 62.1 Å². The number of carbonyl (C=O) groups excluding carboxylic acids is 1. The molecule has 0 radical (unpaired) electrons. The molecular weight excluding hydrogens is 410 g/mol. The summed E-state index contributed by atoms with van der Waals surface area (Å²) in [6.07, 6.45) is 0. The molecule has 1 aliphatic heterocycles. The first-order valence-electron chi connectivity index (χ1n) is 11.7. The molecule has 5 nitrogen and oxygen atoms in total. The van der Waals surface area contributed by atoms with E-state index >= 15 is 0 Å². The number of piperazine rings is 1. The van der Waals surface area contributed by atoms with E-state index in [-0.39, 0.29) is 11.9 Å². The SMILES string of the molecule is CCOc1ccccc1N1CCN(CC(=O)N(C)C(c2ccccc2)c2ccccc2)CC1. The monoisotopic (exact) mass is 443 g/mol. The van der Waals surface area contributed by atoms with Crippen molar-refractivity contribution in [1.29, 1.82) is 0 Å². The van der Waals surface area contributed by atoms with Gasteiger partial charge in [0, 0.05) is 33.2 Å². The van der Waals surface area contributed by atoms with Crippen molar-refractivity contribution >= 4 is 11.6 Å². The van der Waals surface area contributed by atoms with E-state index in [9.17, 15) is 4.79 Å². The Morgan fingerprint density at radius 3 is 1.97 bits per heavy atom. The molecule has 3 aromatic carbocycles. The largest absolute Gasteiger partial charge is 0.492 e. The van der Waals surface area contributed by atoms with Crippen molar-refractivity contribution < 1.29 is 9.53 Å². The van der Waals surface area contributed by atoms with Crippen LogP contribution in [0.15, 0.2) is 84.9 Å². The first-order chi connectivity index (χ1) is 16.2. The molecule has 1 heterocycles. The zero-order valence-electron chi connectivity index (χ0n) is 19.6. The number of carbonyl (C=O) groups is 1. The van der Waals surface area contributed by atoms with Crippen LogP contribution >= 0.6 is 0 Å². The molecule has 0 bridgehead atoms. The summed E-state index contributed by atoms with van der Waals surface area (Å²) < 4.78 is 5.81. The third kappa shape index (κ3) is 5.55. The van der Waals surface area contributed by atoms with Crippen molar-refractivity contribution in [2.24, 2.45) is 0 Å². The fraction of sp³-hybridized carbons (Fsp3) is 0.321. The van der Waals surface area contributed by atoms with Gasteiger partial charge in [-0.05, 0) is 30.2 Å². The number of benzene rings is 3. The van der Waals surface area contributed by atoms with Crippen LogP contribution in [0.2, 0.25) is 0 Å². The average molecular weight is 444 g/mol. The van der Waals surface area contributed by atoms with Gasteiger partial charge in [0.15, 0.2) is 0 Å². The van der Waals surface area contributed by atoms with Crippen molar-refractivity contribution in [3.63, 3.8) is 0 Å². The summed E-state index contributed by atoms with van der Waals surface area (Å²) in [6, 6.07) is 28.6. The molecule has 0 aromatic heterocycles. The lowest BCUT2D eigenvalue weighted by atomic mass is 9.97. The van der Waals surface area contributed by atoms with Crippen LogP contribution in [0, 0.1) is 0 Å². The highest BCUT2D eigenvalue weighted by Crippen LogP contribution is 2.30. The van der Waals surface area contributed by atoms with Gasteiger partial charge in [-0.25, -0.2) is 0 Å². The second kappa shape index (κ2) is 11.0. The highest BCUT2D eigenvalue weighted by Gasteiger charge is 2.26. The Kier molecular flexibility index (Phi) is 7.63. The Labute approximate surface area is 197 Å². The van der Waals surface area contributed by atoms with Gasteiger partial charge in [0.2, 0.25) is 5.91 Å². The van der Waals surface area contributed by atoms with Crippen molar-refractivity contribution in [1.82, 2.24) is 9.80 Å². The number of nitrogens with zero attached hydrogens (tertiary/aromatic N) is 3. The van der Waals surface area contributed by atoms with Gasteiger partial charge in [0.25, 0.3) is 0 Å². The standard InChI is InChI=1S/C28H33N3O2/c1-3-33-26-17-11-10-16-25(26)31-20-18-30(19-21-31)22-27(32)29(2)28(23-12-6-4-7-13-23)24-14-8-5-9-15-24/h4-17,28H,3,18-22H2,1-2H3. The van der Waals surface area contributed by atoms with E-state index in [0.717, 1.165) is 48.7 Å². The van der Waals surface area contributed by atoms with Gasteiger partial charge in [0.1, 0.15) is 5.75 Å². The molecule has 1 amide bonds. The molecule has 0 unspecified atom stereocenters. The summed E-state index contributed by atoms with van der Waals surface area (Å²) in [6.45, 7) is 6.54. The van der Waals surface area contributed by atoms with E-state index in [1.807, 2.05) is 67.4 Å². The second-order valence-corrected chi connectivity index (χ2v) is 8.39. The molecule has 0 saturated carbocycles. The van der Waals surface area contributed by atoms with Crippen LogP contribution in [-0.2, 0) is 4.79 Å². The quantitative estimate of drug-likeness (QED) is 0.515. The summed E-state index contributed by atoms with van der Waals surface area (Å²) in [5.74, 6) is 1.06. The van der Waals surface area contributed by atoms with Crippen molar-refractivity contribution in [2.75, 3.05) is 51.3 Å². The first-order valence-corrected chi connectivity index (χ1v) is 11.7. The number of amides is 1. The van der Waals surface area contributed by atoms with Crippen LogP contribution < -0.4 is 9.64 Å². The van der Waals surface area contributed by atoms with E-state index in [4.69, 9.17) is 4.74 Å². The molecule has 3 aromatic rings. The number of para-hydroxylation sites is 2. The Balaban J connectivity index is 1.41. The molecule has 5 heteroatoms. The predicted molar refractivity (Wildman–Crippen MR) is 134 cm³/mol. The Morgan fingerprint density at radius 1 is 0.848 bits per heavy atom. The highest BCUT2D eigenvalue weighted by atomic mass is 16.5. The van der Waals surface area contributed by atoms with Crippen molar-refractivity contribution in [3.05, 3.63) is 96.1 Å². The fourth-order valence-corrected chi connectivity index (χ4v) is 4.50. The maximum atomic E-state index is 13.3. The summed E-state index contributed by atoms with van der Waals surface area (Å²) in [7, 11) is 1.92. The van der Waals surface area contributed by atoms with Gasteiger partial charge in [-0.2, -0.15) is 0 Å². The zero-order chi connectivity index (χ0) is 23.0. The van der Waals surface area contributed by atoms with E-state index < -0.39 is 0 Å². The average Bonchev–Trinajstić information content (AvgIpc) is 2.86. The van der Waals surface area contributed by atoms with Crippen LogP contribution in [0.3, 0.4) is 0 Å². The van der Waals surface area contributed by atoms with Crippen LogP contribution in [0.1, 0.15) is 24.1 Å². The maximum Gasteiger partial charge on any atom is 0.237 e. The normalized spacial score (nSPS) is 14.3. The summed E-state index contributed by atoms with van der Waals surface area (Å²) >= 11 is 0. The molecule has 0 aliphatic carbocycles. The Morgan fingerprint density at radius 2 is 1.39 bits per heavy atom. The van der Waals surface area contributed by atoms with Gasteiger partial charge in [0.05, 0.1) is 24.9 Å². The van der Waals surface area contributed by atoms with Crippen LogP contribution in [0.4, 0.5) is 5.69 Å². The van der Waals surface area contributed by atoms with E-state index in [2.05, 4.69) is 46.2 Å². The lowest BCUT2D eigenvalue weighted by Gasteiger charge is -2.37. The molecule has 4 rings (SSSR count). The minimum atomic E-state index is -0.0979. The van der Waals surface area contributed by atoms with Crippen molar-refractivity contribution in [2.45, 2.75) is 13.0 Å². The third-order valence-electron chi connectivity index (χ3n) is 6.25. The predicted octanol–water partition coefficient (Wildman–Crippen LogP) is 4.46. The van der Waals surface area contributed by atoms with Gasteiger partial charge >= 0.3 is 0 Å². The number of anilines is 1. The molecular formula is C28H33N3O2. The highest BCUT2D eigenvalue weighted by molar-refractivity contribution is 5.79. The third-order valence-corrected chi connectivity index (χ3v) is 6.25. The molecule has 1 saturated heterocycles. The molecule has 1 fully saturated rings. The lowest BCUT2D eigenvalue weighted by molar-refractivity contribution is -0.132. The second-order valence-electron chi connectivity index (χ2n) is 8.39. The minimum Gasteiger partial charge on any atom is -0.492 e. The van der Waals surface area contributed by atoms with E-state index in [1.54, 1.807) is 0 Å². The Hall–Kier alpha value is -3.31. The number of likely N-dealkylation sites (N-methyl/N-ethyl adjacent to an activating group) is 1. The molecule has 33 heavy (non-hydrogen) atoms. The summed E-state index contributed by atoms with van der Waals surface area (Å²) in [5.41, 5.74) is 3.38. The summed E-state index contributed by atoms with van der Waals surface area (Å²) in [4.78, 5) is 19.8. The first kappa shape index (κ1) is 22.9. The molecule has 0 N–H and O–H groups in total. The number of hydrogen-bond acceptors (Lipinski definition) is 4. The maximum absolute atomic E-state index is 13.3. The molecule has 0 atom stereocenters. The van der Waals surface area contributed by atoms with Gasteiger partial charge < -0.3 is 14.5 Å². The zero-order valence-corrected chi connectivity index (χ0v) is 19.6. The van der Waals surface area contributed by atoms with E-state index in [1.165, 1.54) is 0 Å². The van der Waals surface area contributed by atoms with Crippen molar-refractivity contribution in [3.8, 4) is 5.75 Å². The Bertz CT molecular complexity index is 978. The molecule has 1 aliphatic rings. The van der Waals surface area contributed by atoms with Crippen LogP contribution in [0.25, 0.3) is 0 Å². The smallest absolute Gasteiger partial charge is 0.237 e.